The molecule has 0 saturated heterocycles. The maximum absolute atomic E-state index is 12.9. The lowest BCUT2D eigenvalue weighted by atomic mass is 10.2. The first-order valence-electron chi connectivity index (χ1n) is 8.11. The van der Waals surface area contributed by atoms with E-state index >= 15 is 0 Å². The number of likely N-dealkylation sites (N-methyl/N-ethyl adjacent to an activating group) is 1. The molecule has 25 heavy (non-hydrogen) atoms. The fourth-order valence-corrected chi connectivity index (χ4v) is 4.39. The number of hydrogen-bond acceptors (Lipinski definition) is 7. The van der Waals surface area contributed by atoms with E-state index < -0.39 is 20.5 Å². The highest BCUT2D eigenvalue weighted by Crippen LogP contribution is 2.36. The number of anilines is 1. The van der Waals surface area contributed by atoms with Crippen molar-refractivity contribution in [3.05, 3.63) is 40.1 Å². The summed E-state index contributed by atoms with van der Waals surface area (Å²) in [6, 6.07) is 6.27. The number of nitrogens with one attached hydrogen (secondary N) is 1. The molecule has 0 radical (unpaired) electrons. The molecule has 8 nitrogen and oxygen atoms in total. The zero-order valence-corrected chi connectivity index (χ0v) is 14.9. The molecular weight excluding hydrogens is 344 g/mol. The van der Waals surface area contributed by atoms with E-state index in [1.165, 1.54) is 6.07 Å². The van der Waals surface area contributed by atoms with E-state index in [-0.39, 0.29) is 22.0 Å². The summed E-state index contributed by atoms with van der Waals surface area (Å²) in [5.74, 6) is -0.886. The van der Waals surface area contributed by atoms with Crippen LogP contribution in [0.2, 0.25) is 0 Å². The van der Waals surface area contributed by atoms with Crippen LogP contribution in [0.3, 0.4) is 0 Å². The Morgan fingerprint density at radius 1 is 1.24 bits per heavy atom. The fourth-order valence-electron chi connectivity index (χ4n) is 2.90. The number of carbonyl (C=O) groups excluding carboxylic acids is 1. The molecule has 0 bridgehead atoms. The Bertz CT molecular complexity index is 874. The molecule has 1 atom stereocenters. The summed E-state index contributed by atoms with van der Waals surface area (Å²) in [6.45, 7) is 5.76. The summed E-state index contributed by atoms with van der Waals surface area (Å²) >= 11 is 0. The van der Waals surface area contributed by atoms with Crippen molar-refractivity contribution in [2.24, 2.45) is 5.10 Å². The number of para-hydroxylation sites is 1. The minimum Gasteiger partial charge on any atom is -0.597 e. The number of allylic oxidation sites excluding steroid dienone is 1. The van der Waals surface area contributed by atoms with Gasteiger partial charge in [0.1, 0.15) is 17.7 Å². The van der Waals surface area contributed by atoms with Gasteiger partial charge in [-0.3, -0.25) is 4.90 Å². The Labute approximate surface area is 146 Å². The molecule has 0 saturated carbocycles. The second kappa shape index (κ2) is 6.34. The molecule has 3 rings (SSSR count). The summed E-state index contributed by atoms with van der Waals surface area (Å²) in [5.41, 5.74) is 0.0865. The van der Waals surface area contributed by atoms with Crippen molar-refractivity contribution in [2.75, 3.05) is 31.5 Å². The smallest absolute Gasteiger partial charge is 0.389 e. The highest BCUT2D eigenvalue weighted by Gasteiger charge is 2.44. The van der Waals surface area contributed by atoms with Crippen LogP contribution in [0.25, 0.3) is 0 Å². The molecule has 9 heteroatoms. The second-order valence-corrected chi connectivity index (χ2v) is 7.75. The number of rotatable bonds is 5. The van der Waals surface area contributed by atoms with Crippen molar-refractivity contribution in [3.8, 4) is 0 Å². The molecular formula is C16H20N4O4S. The molecule has 0 spiro atoms. The molecule has 0 fully saturated rings. The first-order chi connectivity index (χ1) is 11.8. The van der Waals surface area contributed by atoms with E-state index in [0.29, 0.717) is 12.2 Å². The number of hydroxylamine groups is 2. The molecule has 1 aromatic rings. The van der Waals surface area contributed by atoms with E-state index in [9.17, 15) is 18.4 Å². The van der Waals surface area contributed by atoms with Gasteiger partial charge in [-0.15, -0.1) is 0 Å². The summed E-state index contributed by atoms with van der Waals surface area (Å²) in [5, 5.41) is 19.4. The topological polar surface area (TPSA) is 102 Å². The number of fused-ring (bicyclic) bond motifs is 1. The van der Waals surface area contributed by atoms with Gasteiger partial charge in [-0.05, 0) is 25.2 Å². The molecule has 1 unspecified atom stereocenters. The van der Waals surface area contributed by atoms with Gasteiger partial charge in [0.15, 0.2) is 5.70 Å². The van der Waals surface area contributed by atoms with E-state index in [2.05, 4.69) is 10.4 Å². The molecule has 1 N–H and O–H groups in total. The zero-order valence-electron chi connectivity index (χ0n) is 14.1. The minimum absolute atomic E-state index is 0.0713. The normalized spacial score (nSPS) is 24.1. The third kappa shape index (κ3) is 2.89. The maximum atomic E-state index is 12.9. The first-order valence-corrected chi connectivity index (χ1v) is 9.59. The number of amides is 1. The highest BCUT2D eigenvalue weighted by molar-refractivity contribution is 7.96. The van der Waals surface area contributed by atoms with E-state index in [1.807, 2.05) is 18.7 Å². The molecule has 2 aliphatic rings. The quantitative estimate of drug-likeness (QED) is 0.624. The Kier molecular flexibility index (Phi) is 4.50. The van der Waals surface area contributed by atoms with Crippen molar-refractivity contribution in [3.63, 3.8) is 0 Å². The Hall–Kier alpha value is -2.07. The number of benzene rings is 1. The number of sulfone groups is 1. The van der Waals surface area contributed by atoms with Crippen molar-refractivity contribution in [1.29, 1.82) is 0 Å². The van der Waals surface area contributed by atoms with Gasteiger partial charge >= 0.3 is 5.91 Å². The van der Waals surface area contributed by atoms with Gasteiger partial charge < -0.3 is 10.5 Å². The van der Waals surface area contributed by atoms with Gasteiger partial charge in [-0.1, -0.05) is 31.1 Å². The predicted octanol–water partition coefficient (Wildman–Crippen LogP) is 1.28. The van der Waals surface area contributed by atoms with Crippen LogP contribution >= 0.6 is 0 Å². The van der Waals surface area contributed by atoms with E-state index in [0.717, 1.165) is 19.3 Å². The molecule has 1 aromatic carbocycles. The molecule has 134 valence electrons. The third-order valence-electron chi connectivity index (χ3n) is 4.48. The van der Waals surface area contributed by atoms with Crippen LogP contribution in [0.4, 0.5) is 5.69 Å². The largest absolute Gasteiger partial charge is 0.597 e. The highest BCUT2D eigenvalue weighted by atomic mass is 32.2. The number of carbonyl (C=O) groups is 1. The Morgan fingerprint density at radius 2 is 1.92 bits per heavy atom. The van der Waals surface area contributed by atoms with Gasteiger partial charge in [-0.2, -0.15) is 4.76 Å². The first kappa shape index (κ1) is 17.7. The standard InChI is InChI=1S/C16H20N4O4S/c1-3-19(4-2)9-10-20(22)16(21)15-14(11-17-20)25(23,24)13-8-6-5-7-12(13)18-15/h5-8,11,18H,3-4,9-10H2,1-2H3. The molecule has 0 aliphatic carbocycles. The maximum Gasteiger partial charge on any atom is 0.389 e. The van der Waals surface area contributed by atoms with Crippen molar-refractivity contribution >= 4 is 27.6 Å². The van der Waals surface area contributed by atoms with Gasteiger partial charge in [-0.25, -0.2) is 13.2 Å². The van der Waals surface area contributed by atoms with Crippen LogP contribution < -0.4 is 5.32 Å². The van der Waals surface area contributed by atoms with Crippen LogP contribution in [0.5, 0.6) is 0 Å². The number of nitrogens with zero attached hydrogens (tertiary/aromatic N) is 3. The van der Waals surface area contributed by atoms with Gasteiger partial charge in [0.25, 0.3) is 0 Å². The van der Waals surface area contributed by atoms with E-state index in [4.69, 9.17) is 0 Å². The summed E-state index contributed by atoms with van der Waals surface area (Å²) in [7, 11) is -3.88. The minimum atomic E-state index is -3.88. The average molecular weight is 364 g/mol. The van der Waals surface area contributed by atoms with Gasteiger partial charge in [0, 0.05) is 0 Å². The lowest BCUT2D eigenvalue weighted by molar-refractivity contribution is -0.808. The van der Waals surface area contributed by atoms with Crippen LogP contribution in [-0.4, -0.2) is 56.4 Å². The summed E-state index contributed by atoms with van der Waals surface area (Å²) < 4.78 is 23.9. The average Bonchev–Trinajstić information content (AvgIpc) is 2.60. The fraction of sp³-hybridized carbons (Fsp3) is 0.375. The Morgan fingerprint density at radius 3 is 2.60 bits per heavy atom. The lowest BCUT2D eigenvalue weighted by Crippen LogP contribution is -2.52. The summed E-state index contributed by atoms with van der Waals surface area (Å²) in [4.78, 5) is 14.5. The summed E-state index contributed by atoms with van der Waals surface area (Å²) in [6.07, 6.45) is 1.00. The van der Waals surface area contributed by atoms with Crippen LogP contribution in [-0.2, 0) is 14.6 Å². The van der Waals surface area contributed by atoms with Crippen molar-refractivity contribution in [1.82, 2.24) is 4.90 Å². The second-order valence-electron chi connectivity index (χ2n) is 5.87. The molecule has 1 amide bonds. The lowest BCUT2D eigenvalue weighted by Gasteiger charge is -2.38. The Balaban J connectivity index is 1.94. The monoisotopic (exact) mass is 364 g/mol. The van der Waals surface area contributed by atoms with Crippen LogP contribution in [0.15, 0.2) is 44.9 Å². The zero-order chi connectivity index (χ0) is 18.2. The van der Waals surface area contributed by atoms with Gasteiger partial charge in [0.2, 0.25) is 9.84 Å². The third-order valence-corrected chi connectivity index (χ3v) is 6.30. The molecule has 0 aromatic heterocycles. The van der Waals surface area contributed by atoms with Crippen LogP contribution in [0, 0.1) is 5.21 Å². The van der Waals surface area contributed by atoms with Gasteiger partial charge in [0.05, 0.1) is 17.1 Å². The number of quaternary nitrogens is 1. The van der Waals surface area contributed by atoms with Crippen molar-refractivity contribution < 1.29 is 18.0 Å². The van der Waals surface area contributed by atoms with Crippen molar-refractivity contribution in [2.45, 2.75) is 18.7 Å². The SMILES string of the molecule is CCN(CC)CC[N+]1([O-])N=CC2=C(Nc3ccccc3S2(=O)=O)C1=O. The predicted molar refractivity (Wildman–Crippen MR) is 94.1 cm³/mol. The molecule has 2 heterocycles. The molecule has 2 aliphatic heterocycles. The number of hydrogen-bond donors (Lipinski definition) is 1. The van der Waals surface area contributed by atoms with Crippen LogP contribution in [0.1, 0.15) is 13.8 Å². The van der Waals surface area contributed by atoms with E-state index in [1.54, 1.807) is 18.2 Å².